The quantitative estimate of drug-likeness (QED) is 0.572. The first kappa shape index (κ1) is 16.3. The van der Waals surface area contributed by atoms with E-state index in [-0.39, 0.29) is 0 Å². The van der Waals surface area contributed by atoms with E-state index in [1.165, 1.54) is 64.2 Å². The average molecular weight is 320 g/mol. The van der Waals surface area contributed by atoms with Crippen LogP contribution in [0.3, 0.4) is 0 Å². The second-order valence-electron chi connectivity index (χ2n) is 6.97. The first-order valence-corrected chi connectivity index (χ1v) is 9.78. The average Bonchev–Trinajstić information content (AvgIpc) is 2.53. The van der Waals surface area contributed by atoms with E-state index in [2.05, 4.69) is 34.2 Å². The van der Waals surface area contributed by atoms with E-state index in [0.717, 1.165) is 28.6 Å². The molecule has 0 N–H and O–H groups in total. The highest BCUT2D eigenvalue weighted by Gasteiger charge is 2.30. The fourth-order valence-electron chi connectivity index (χ4n) is 3.95. The van der Waals surface area contributed by atoms with Gasteiger partial charge in [0, 0.05) is 23.5 Å². The van der Waals surface area contributed by atoms with Gasteiger partial charge in [0.25, 0.3) is 0 Å². The molecule has 0 saturated heterocycles. The van der Waals surface area contributed by atoms with Gasteiger partial charge < -0.3 is 0 Å². The molecule has 0 radical (unpaired) electrons. The maximum Gasteiger partial charge on any atom is 0.203 e. The van der Waals surface area contributed by atoms with Crippen molar-refractivity contribution in [3.63, 3.8) is 0 Å². The van der Waals surface area contributed by atoms with Gasteiger partial charge in [-0.15, -0.1) is 0 Å². The monoisotopic (exact) mass is 319 g/mol. The predicted octanol–water partition coefficient (Wildman–Crippen LogP) is 5.07. The summed E-state index contributed by atoms with van der Waals surface area (Å²) in [4.78, 5) is 9.35. The van der Waals surface area contributed by atoms with Crippen LogP contribution in [0.25, 0.3) is 0 Å². The molecule has 4 heteroatoms. The molecule has 0 spiro atoms. The van der Waals surface area contributed by atoms with E-state index in [4.69, 9.17) is 0 Å². The minimum atomic E-state index is 0.728. The van der Waals surface area contributed by atoms with Crippen molar-refractivity contribution in [2.75, 3.05) is 0 Å². The topological polar surface area (TPSA) is 29.0 Å². The highest BCUT2D eigenvalue weighted by atomic mass is 32.2. The first-order valence-electron chi connectivity index (χ1n) is 9.01. The molecule has 22 heavy (non-hydrogen) atoms. The lowest BCUT2D eigenvalue weighted by atomic mass is 9.91. The number of hydrogen-bond acceptors (Lipinski definition) is 4. The Kier molecular flexibility index (Phi) is 5.75. The fraction of sp³-hybridized carbons (Fsp3) is 0.778. The van der Waals surface area contributed by atoms with Crippen LogP contribution in [0.15, 0.2) is 11.2 Å². The van der Waals surface area contributed by atoms with Gasteiger partial charge in [0.15, 0.2) is 0 Å². The zero-order valence-corrected chi connectivity index (χ0v) is 14.9. The van der Waals surface area contributed by atoms with E-state index in [9.17, 15) is 0 Å². The van der Waals surface area contributed by atoms with Crippen LogP contribution < -0.4 is 0 Å². The van der Waals surface area contributed by atoms with Crippen LogP contribution >= 0.6 is 11.9 Å². The summed E-state index contributed by atoms with van der Waals surface area (Å²) in [6, 6.07) is 3.52. The maximum absolute atomic E-state index is 4.67. The zero-order chi connectivity index (χ0) is 15.4. The Bertz CT molecular complexity index is 441. The van der Waals surface area contributed by atoms with Gasteiger partial charge in [-0.25, -0.2) is 14.3 Å². The molecule has 3 rings (SSSR count). The molecule has 0 aromatic carbocycles. The Morgan fingerprint density at radius 3 is 1.73 bits per heavy atom. The van der Waals surface area contributed by atoms with Gasteiger partial charge >= 0.3 is 0 Å². The Morgan fingerprint density at radius 2 is 1.27 bits per heavy atom. The molecule has 122 valence electrons. The van der Waals surface area contributed by atoms with Gasteiger partial charge in [0.05, 0.1) is 0 Å². The molecule has 1 aromatic rings. The van der Waals surface area contributed by atoms with E-state index in [1.807, 2.05) is 11.9 Å². The molecule has 1 heterocycles. The Labute approximate surface area is 139 Å². The lowest BCUT2D eigenvalue weighted by Gasteiger charge is -2.40. The van der Waals surface area contributed by atoms with Crippen molar-refractivity contribution in [1.82, 2.24) is 14.3 Å². The molecule has 0 unspecified atom stereocenters. The number of hydrogen-bond donors (Lipinski definition) is 0. The SMILES string of the molecule is Cc1cc(C)nc(SN(C2CCCCC2)C2CCCCC2)n1. The fourth-order valence-corrected chi connectivity index (χ4v) is 5.22. The van der Waals surface area contributed by atoms with Crippen LogP contribution in [0, 0.1) is 13.8 Å². The summed E-state index contributed by atoms with van der Waals surface area (Å²) < 4.78 is 2.70. The van der Waals surface area contributed by atoms with Crippen LogP contribution in [-0.2, 0) is 0 Å². The maximum atomic E-state index is 4.67. The molecule has 1 aromatic heterocycles. The van der Waals surface area contributed by atoms with Gasteiger partial charge in [-0.3, -0.25) is 0 Å². The third-order valence-corrected chi connectivity index (χ3v) is 6.17. The van der Waals surface area contributed by atoms with Crippen molar-refractivity contribution in [3.8, 4) is 0 Å². The zero-order valence-electron chi connectivity index (χ0n) is 14.1. The van der Waals surface area contributed by atoms with Crippen LogP contribution in [0.5, 0.6) is 0 Å². The number of aromatic nitrogens is 2. The molecule has 2 fully saturated rings. The van der Waals surface area contributed by atoms with Crippen LogP contribution in [0.2, 0.25) is 0 Å². The van der Waals surface area contributed by atoms with Gasteiger partial charge in [-0.1, -0.05) is 38.5 Å². The third-order valence-electron chi connectivity index (χ3n) is 5.02. The second-order valence-corrected chi connectivity index (χ2v) is 7.94. The molecule has 0 amide bonds. The van der Waals surface area contributed by atoms with E-state index >= 15 is 0 Å². The van der Waals surface area contributed by atoms with Gasteiger partial charge in [-0.2, -0.15) is 0 Å². The van der Waals surface area contributed by atoms with Crippen molar-refractivity contribution in [3.05, 3.63) is 17.5 Å². The number of aryl methyl sites for hydroxylation is 2. The van der Waals surface area contributed by atoms with Crippen molar-refractivity contribution >= 4 is 11.9 Å². The third kappa shape index (κ3) is 4.23. The highest BCUT2D eigenvalue weighted by Crippen LogP contribution is 2.36. The second kappa shape index (κ2) is 7.78. The minimum absolute atomic E-state index is 0.728. The lowest BCUT2D eigenvalue weighted by Crippen LogP contribution is -2.40. The Morgan fingerprint density at radius 1 is 0.818 bits per heavy atom. The molecule has 2 aliphatic carbocycles. The largest absolute Gasteiger partial charge is 0.238 e. The smallest absolute Gasteiger partial charge is 0.203 e. The van der Waals surface area contributed by atoms with Crippen molar-refractivity contribution in [2.45, 2.75) is 95.3 Å². The van der Waals surface area contributed by atoms with Crippen molar-refractivity contribution < 1.29 is 0 Å². The molecular weight excluding hydrogens is 290 g/mol. The summed E-state index contributed by atoms with van der Waals surface area (Å²) in [6.07, 6.45) is 13.8. The summed E-state index contributed by atoms with van der Waals surface area (Å²) in [5.41, 5.74) is 2.17. The predicted molar refractivity (Wildman–Crippen MR) is 92.9 cm³/mol. The molecule has 2 aliphatic rings. The molecule has 2 saturated carbocycles. The summed E-state index contributed by atoms with van der Waals surface area (Å²) in [5.74, 6) is 0. The molecule has 0 atom stereocenters. The van der Waals surface area contributed by atoms with Crippen molar-refractivity contribution in [1.29, 1.82) is 0 Å². The molecule has 0 bridgehead atoms. The number of nitrogens with zero attached hydrogens (tertiary/aromatic N) is 3. The van der Waals surface area contributed by atoms with Gasteiger partial charge in [-0.05, 0) is 57.5 Å². The minimum Gasteiger partial charge on any atom is -0.238 e. The highest BCUT2D eigenvalue weighted by molar-refractivity contribution is 7.96. The van der Waals surface area contributed by atoms with Gasteiger partial charge in [0.1, 0.15) is 0 Å². The standard InChI is InChI=1S/C18H29N3S/c1-14-13-15(2)20-18(19-14)22-21(16-9-5-3-6-10-16)17-11-7-4-8-12-17/h13,16-17H,3-12H2,1-2H3. The van der Waals surface area contributed by atoms with Crippen molar-refractivity contribution in [2.24, 2.45) is 0 Å². The normalized spacial score (nSPS) is 21.4. The first-order chi connectivity index (χ1) is 10.7. The molecular formula is C18H29N3S. The van der Waals surface area contributed by atoms with Crippen LogP contribution in [0.1, 0.15) is 75.6 Å². The van der Waals surface area contributed by atoms with Crippen LogP contribution in [0.4, 0.5) is 0 Å². The summed E-state index contributed by atoms with van der Waals surface area (Å²) in [6.45, 7) is 4.15. The Balaban J connectivity index is 1.77. The van der Waals surface area contributed by atoms with Gasteiger partial charge in [0.2, 0.25) is 5.16 Å². The summed E-state index contributed by atoms with van der Waals surface area (Å²) in [7, 11) is 0. The number of rotatable bonds is 4. The molecule has 0 aliphatic heterocycles. The van der Waals surface area contributed by atoms with Crippen LogP contribution in [-0.4, -0.2) is 26.4 Å². The van der Waals surface area contributed by atoms with E-state index in [1.54, 1.807) is 0 Å². The Hall–Kier alpha value is -0.610. The van der Waals surface area contributed by atoms with E-state index in [0.29, 0.717) is 0 Å². The summed E-state index contributed by atoms with van der Waals surface area (Å²) >= 11 is 1.84. The molecule has 3 nitrogen and oxygen atoms in total. The van der Waals surface area contributed by atoms with E-state index < -0.39 is 0 Å². The lowest BCUT2D eigenvalue weighted by molar-refractivity contribution is 0.184. The summed E-state index contributed by atoms with van der Waals surface area (Å²) in [5, 5.41) is 0.952.